The monoisotopic (exact) mass is 529 g/mol. The summed E-state index contributed by atoms with van der Waals surface area (Å²) in [7, 11) is 0.787. The zero-order valence-electron chi connectivity index (χ0n) is 22.1. The lowest BCUT2D eigenvalue weighted by atomic mass is 10.2. The summed E-state index contributed by atoms with van der Waals surface area (Å²) in [5.41, 5.74) is 2.07. The molecular formula is C27H35N3O6S. The Morgan fingerprint density at radius 2 is 1.27 bits per heavy atom. The molecule has 0 spiro atoms. The molecule has 0 aliphatic heterocycles. The molecule has 1 aromatic heterocycles. The third-order valence-electron chi connectivity index (χ3n) is 5.86. The van der Waals surface area contributed by atoms with Crippen LogP contribution in [0.15, 0.2) is 60.9 Å². The fraction of sp³-hybridized carbons (Fsp3) is 0.407. The van der Waals surface area contributed by atoms with Gasteiger partial charge in [-0.3, -0.25) is 4.98 Å². The van der Waals surface area contributed by atoms with Gasteiger partial charge in [0, 0.05) is 13.1 Å². The van der Waals surface area contributed by atoms with Gasteiger partial charge in [0.15, 0.2) is 0 Å². The Morgan fingerprint density at radius 1 is 0.757 bits per heavy atom. The van der Waals surface area contributed by atoms with Crippen LogP contribution in [0.1, 0.15) is 43.7 Å². The molecule has 0 saturated carbocycles. The zero-order chi connectivity index (χ0) is 27.0. The van der Waals surface area contributed by atoms with E-state index in [0.717, 1.165) is 11.1 Å². The first-order chi connectivity index (χ1) is 17.7. The van der Waals surface area contributed by atoms with E-state index < -0.39 is 21.4 Å². The number of benzene rings is 2. The zero-order valence-corrected chi connectivity index (χ0v) is 22.9. The first-order valence-electron chi connectivity index (χ1n) is 11.9. The average molecular weight is 530 g/mol. The molecule has 0 aliphatic carbocycles. The van der Waals surface area contributed by atoms with Crippen molar-refractivity contribution in [2.45, 2.75) is 51.3 Å². The Hall–Kier alpha value is -3.21. The second kappa shape index (κ2) is 12.8. The highest BCUT2D eigenvalue weighted by atomic mass is 32.2. The van der Waals surface area contributed by atoms with Crippen molar-refractivity contribution in [3.63, 3.8) is 0 Å². The summed E-state index contributed by atoms with van der Waals surface area (Å²) >= 11 is 0. The lowest BCUT2D eigenvalue weighted by molar-refractivity contribution is 0.00292. The van der Waals surface area contributed by atoms with Gasteiger partial charge in [0.1, 0.15) is 22.9 Å². The predicted molar refractivity (Wildman–Crippen MR) is 141 cm³/mol. The molecule has 9 nitrogen and oxygen atoms in total. The van der Waals surface area contributed by atoms with Crippen LogP contribution < -0.4 is 14.2 Å². The maximum Gasteiger partial charge on any atom is 0.231 e. The highest BCUT2D eigenvalue weighted by molar-refractivity contribution is 7.89. The number of sulfonamides is 1. The van der Waals surface area contributed by atoms with E-state index in [1.807, 2.05) is 62.4 Å². The number of hydrogen-bond donors (Lipinski definition) is 0. The van der Waals surface area contributed by atoms with Gasteiger partial charge < -0.3 is 18.9 Å². The van der Waals surface area contributed by atoms with E-state index in [2.05, 4.69) is 9.97 Å². The molecule has 200 valence electrons. The van der Waals surface area contributed by atoms with Gasteiger partial charge in [0.25, 0.3) is 0 Å². The number of nitrogens with zero attached hydrogens (tertiary/aromatic N) is 3. The fourth-order valence-corrected chi connectivity index (χ4v) is 5.43. The normalized spacial score (nSPS) is 13.4. The highest BCUT2D eigenvalue weighted by Gasteiger charge is 2.37. The smallest absolute Gasteiger partial charge is 0.231 e. The Kier molecular flexibility index (Phi) is 9.85. The Bertz CT molecular complexity index is 1170. The molecule has 0 fully saturated rings. The third kappa shape index (κ3) is 7.41. The van der Waals surface area contributed by atoms with Crippen molar-refractivity contribution < 1.29 is 27.4 Å². The minimum Gasteiger partial charge on any atom is -0.497 e. The van der Waals surface area contributed by atoms with Gasteiger partial charge in [0.05, 0.1) is 45.5 Å². The van der Waals surface area contributed by atoms with Crippen LogP contribution in [-0.4, -0.2) is 55.4 Å². The van der Waals surface area contributed by atoms with Crippen molar-refractivity contribution in [1.29, 1.82) is 0 Å². The van der Waals surface area contributed by atoms with Crippen LogP contribution >= 0.6 is 0 Å². The summed E-state index contributed by atoms with van der Waals surface area (Å²) in [4.78, 5) is 8.59. The molecule has 0 N–H and O–H groups in total. The number of methoxy groups -OCH3 is 3. The van der Waals surface area contributed by atoms with Crippen molar-refractivity contribution in [2.24, 2.45) is 0 Å². The number of hydrogen-bond acceptors (Lipinski definition) is 8. The van der Waals surface area contributed by atoms with E-state index in [1.54, 1.807) is 21.1 Å². The second-order valence-corrected chi connectivity index (χ2v) is 11.1. The summed E-state index contributed by atoms with van der Waals surface area (Å²) < 4.78 is 51.4. The van der Waals surface area contributed by atoms with Crippen LogP contribution in [0.5, 0.6) is 17.4 Å². The van der Waals surface area contributed by atoms with Gasteiger partial charge in [-0.05, 0) is 56.2 Å². The molecule has 0 saturated heterocycles. The van der Waals surface area contributed by atoms with E-state index in [4.69, 9.17) is 18.9 Å². The van der Waals surface area contributed by atoms with Gasteiger partial charge in [-0.15, -0.1) is 0 Å². The SMILES string of the molecule is COc1ccc(CN(Cc2ccc(OC)cc2)S(=O)(=O)[C@H](C)[C@H](OC(C)C)c2cnc(OC)cn2)cc1. The summed E-state index contributed by atoms with van der Waals surface area (Å²) in [6.07, 6.45) is 1.88. The van der Waals surface area contributed by atoms with E-state index in [-0.39, 0.29) is 19.2 Å². The topological polar surface area (TPSA) is 100 Å². The molecule has 0 amide bonds. The standard InChI is InChI=1S/C27H35N3O6S/c1-19(2)36-27(25-15-29-26(35-6)16-28-25)20(3)37(31,32)30(17-21-7-11-23(33-4)12-8-21)18-22-9-13-24(34-5)14-10-22/h7-16,19-20,27H,17-18H2,1-6H3/t20-,27+/m1/s1. The predicted octanol–water partition coefficient (Wildman–Crippen LogP) is 4.39. The molecule has 3 aromatic rings. The van der Waals surface area contributed by atoms with Crippen molar-refractivity contribution in [3.8, 4) is 17.4 Å². The van der Waals surface area contributed by atoms with E-state index >= 15 is 0 Å². The second-order valence-electron chi connectivity index (χ2n) is 8.80. The molecule has 3 rings (SSSR count). The summed E-state index contributed by atoms with van der Waals surface area (Å²) in [5.74, 6) is 1.73. The number of aromatic nitrogens is 2. The average Bonchev–Trinajstić information content (AvgIpc) is 2.91. The molecule has 10 heteroatoms. The van der Waals surface area contributed by atoms with Crippen molar-refractivity contribution in [3.05, 3.63) is 77.7 Å². The van der Waals surface area contributed by atoms with E-state index in [9.17, 15) is 8.42 Å². The molecule has 1 heterocycles. The van der Waals surface area contributed by atoms with Crippen LogP contribution in [-0.2, 0) is 27.8 Å². The van der Waals surface area contributed by atoms with Gasteiger partial charge in [-0.2, -0.15) is 4.31 Å². The summed E-state index contributed by atoms with van der Waals surface area (Å²) in [6, 6.07) is 14.7. The van der Waals surface area contributed by atoms with E-state index in [1.165, 1.54) is 23.8 Å². The number of ether oxygens (including phenoxy) is 4. The molecular weight excluding hydrogens is 494 g/mol. The lowest BCUT2D eigenvalue weighted by Gasteiger charge is -2.31. The molecule has 0 bridgehead atoms. The summed E-state index contributed by atoms with van der Waals surface area (Å²) in [6.45, 7) is 5.70. The third-order valence-corrected chi connectivity index (χ3v) is 8.02. The first kappa shape index (κ1) is 28.4. The number of rotatable bonds is 13. The Labute approximate surface area is 219 Å². The maximum atomic E-state index is 14.1. The van der Waals surface area contributed by atoms with Crippen LogP contribution in [0.2, 0.25) is 0 Å². The van der Waals surface area contributed by atoms with Crippen LogP contribution in [0, 0.1) is 0 Å². The minimum atomic E-state index is -3.89. The van der Waals surface area contributed by atoms with E-state index in [0.29, 0.717) is 23.1 Å². The quantitative estimate of drug-likeness (QED) is 0.321. The van der Waals surface area contributed by atoms with Gasteiger partial charge in [-0.25, -0.2) is 13.4 Å². The lowest BCUT2D eigenvalue weighted by Crippen LogP contribution is -2.41. The van der Waals surface area contributed by atoms with Crippen molar-refractivity contribution in [2.75, 3.05) is 21.3 Å². The molecule has 37 heavy (non-hydrogen) atoms. The van der Waals surface area contributed by atoms with Crippen LogP contribution in [0.25, 0.3) is 0 Å². The van der Waals surface area contributed by atoms with Gasteiger partial charge in [0.2, 0.25) is 15.9 Å². The summed E-state index contributed by atoms with van der Waals surface area (Å²) in [5, 5.41) is -0.950. The Balaban J connectivity index is 1.97. The molecule has 0 aliphatic rings. The maximum absolute atomic E-state index is 14.1. The molecule has 0 radical (unpaired) electrons. The first-order valence-corrected chi connectivity index (χ1v) is 13.4. The van der Waals surface area contributed by atoms with Gasteiger partial charge >= 0.3 is 0 Å². The fourth-order valence-electron chi connectivity index (χ4n) is 3.79. The molecule has 0 unspecified atom stereocenters. The largest absolute Gasteiger partial charge is 0.497 e. The Morgan fingerprint density at radius 3 is 1.65 bits per heavy atom. The van der Waals surface area contributed by atoms with Crippen molar-refractivity contribution >= 4 is 10.0 Å². The van der Waals surface area contributed by atoms with Crippen molar-refractivity contribution in [1.82, 2.24) is 14.3 Å². The molecule has 2 atom stereocenters. The molecule has 2 aromatic carbocycles. The minimum absolute atomic E-state index is 0.172. The van der Waals surface area contributed by atoms with Crippen LogP contribution in [0.3, 0.4) is 0 Å². The van der Waals surface area contributed by atoms with Gasteiger partial charge in [-0.1, -0.05) is 24.3 Å². The highest BCUT2D eigenvalue weighted by Crippen LogP contribution is 2.30. The van der Waals surface area contributed by atoms with Crippen LogP contribution in [0.4, 0.5) is 0 Å².